The van der Waals surface area contributed by atoms with Crippen molar-refractivity contribution >= 4 is 5.97 Å². The fourth-order valence-corrected chi connectivity index (χ4v) is 3.09. The minimum Gasteiger partial charge on any atom is -0.462 e. The lowest BCUT2D eigenvalue weighted by molar-refractivity contribution is -0.146. The summed E-state index contributed by atoms with van der Waals surface area (Å²) in [7, 11) is 0. The second-order valence-electron chi connectivity index (χ2n) is 4.16. The molecule has 1 aliphatic heterocycles. The van der Waals surface area contributed by atoms with Gasteiger partial charge in [-0.25, -0.2) is 0 Å². The summed E-state index contributed by atoms with van der Waals surface area (Å²) in [6, 6.07) is 0. The van der Waals surface area contributed by atoms with Crippen LogP contribution in [0.4, 0.5) is 0 Å². The smallest absolute Gasteiger partial charge is 0.309 e. The Bertz CT molecular complexity index is 212. The molecule has 2 nitrogen and oxygen atoms in total. The standard InChI is InChI=1S/C9H12O2/c10-9-7-4-5-1-2-8(11-9)6(7)3-5/h5-8H,1-4H2. The van der Waals surface area contributed by atoms with Crippen molar-refractivity contribution in [3.63, 3.8) is 0 Å². The van der Waals surface area contributed by atoms with Gasteiger partial charge in [0.15, 0.2) is 0 Å². The molecule has 0 radical (unpaired) electrons. The molecule has 4 atom stereocenters. The molecule has 2 aliphatic carbocycles. The Morgan fingerprint density at radius 2 is 2.18 bits per heavy atom. The molecule has 3 aliphatic rings. The van der Waals surface area contributed by atoms with Gasteiger partial charge in [0.25, 0.3) is 0 Å². The normalized spacial score (nSPS) is 52.9. The highest BCUT2D eigenvalue weighted by Crippen LogP contribution is 2.51. The van der Waals surface area contributed by atoms with Crippen LogP contribution in [0.1, 0.15) is 25.7 Å². The molecule has 3 fully saturated rings. The molecular weight excluding hydrogens is 140 g/mol. The van der Waals surface area contributed by atoms with Crippen LogP contribution in [0.3, 0.4) is 0 Å². The maximum atomic E-state index is 11.2. The Morgan fingerprint density at radius 1 is 1.27 bits per heavy atom. The lowest BCUT2D eigenvalue weighted by Crippen LogP contribution is -2.21. The van der Waals surface area contributed by atoms with Gasteiger partial charge in [-0.1, -0.05) is 0 Å². The number of hydrogen-bond acceptors (Lipinski definition) is 2. The SMILES string of the molecule is O=C1OC2CCC3CC1C2C3. The van der Waals surface area contributed by atoms with Gasteiger partial charge in [-0.15, -0.1) is 0 Å². The first-order chi connectivity index (χ1) is 5.34. The van der Waals surface area contributed by atoms with Gasteiger partial charge in [0, 0.05) is 5.92 Å². The first kappa shape index (κ1) is 6.04. The summed E-state index contributed by atoms with van der Waals surface area (Å²) >= 11 is 0. The van der Waals surface area contributed by atoms with Crippen molar-refractivity contribution < 1.29 is 9.53 Å². The fraction of sp³-hybridized carbons (Fsp3) is 0.889. The van der Waals surface area contributed by atoms with E-state index in [-0.39, 0.29) is 5.97 Å². The number of esters is 1. The van der Waals surface area contributed by atoms with E-state index in [9.17, 15) is 4.79 Å². The molecule has 0 amide bonds. The van der Waals surface area contributed by atoms with Crippen molar-refractivity contribution in [2.24, 2.45) is 17.8 Å². The zero-order chi connectivity index (χ0) is 7.42. The van der Waals surface area contributed by atoms with Gasteiger partial charge >= 0.3 is 5.97 Å². The molecule has 3 rings (SSSR count). The van der Waals surface area contributed by atoms with Crippen LogP contribution in [0.5, 0.6) is 0 Å². The zero-order valence-corrected chi connectivity index (χ0v) is 6.45. The van der Waals surface area contributed by atoms with Gasteiger partial charge < -0.3 is 4.74 Å². The van der Waals surface area contributed by atoms with E-state index in [1.54, 1.807) is 0 Å². The minimum atomic E-state index is 0.0993. The highest BCUT2D eigenvalue weighted by atomic mass is 16.6. The Hall–Kier alpha value is -0.530. The van der Waals surface area contributed by atoms with E-state index < -0.39 is 0 Å². The van der Waals surface area contributed by atoms with Crippen molar-refractivity contribution in [2.75, 3.05) is 0 Å². The minimum absolute atomic E-state index is 0.0993. The predicted octanol–water partition coefficient (Wildman–Crippen LogP) is 1.35. The topological polar surface area (TPSA) is 26.3 Å². The van der Waals surface area contributed by atoms with Crippen LogP contribution in [-0.2, 0) is 9.53 Å². The Kier molecular flexibility index (Phi) is 0.984. The zero-order valence-electron chi connectivity index (χ0n) is 6.45. The second-order valence-corrected chi connectivity index (χ2v) is 4.16. The summed E-state index contributed by atoms with van der Waals surface area (Å²) in [5, 5.41) is 0. The van der Waals surface area contributed by atoms with E-state index in [4.69, 9.17) is 4.74 Å². The van der Waals surface area contributed by atoms with E-state index in [1.807, 2.05) is 0 Å². The molecule has 0 spiro atoms. The van der Waals surface area contributed by atoms with Crippen molar-refractivity contribution in [2.45, 2.75) is 31.8 Å². The third kappa shape index (κ3) is 0.652. The van der Waals surface area contributed by atoms with Crippen molar-refractivity contribution in [3.05, 3.63) is 0 Å². The van der Waals surface area contributed by atoms with E-state index in [2.05, 4.69) is 0 Å². The first-order valence-electron chi connectivity index (χ1n) is 4.55. The number of ether oxygens (including phenoxy) is 1. The second kappa shape index (κ2) is 1.79. The van der Waals surface area contributed by atoms with E-state index in [0.29, 0.717) is 17.9 Å². The van der Waals surface area contributed by atoms with Crippen LogP contribution in [0.2, 0.25) is 0 Å². The van der Waals surface area contributed by atoms with Crippen LogP contribution in [-0.4, -0.2) is 12.1 Å². The molecule has 2 saturated carbocycles. The number of hydrogen-bond donors (Lipinski definition) is 0. The van der Waals surface area contributed by atoms with Crippen LogP contribution >= 0.6 is 0 Å². The molecular formula is C9H12O2. The van der Waals surface area contributed by atoms with Gasteiger partial charge in [-0.05, 0) is 31.6 Å². The quantitative estimate of drug-likeness (QED) is 0.490. The molecule has 2 bridgehead atoms. The van der Waals surface area contributed by atoms with E-state index in [1.165, 1.54) is 12.8 Å². The Balaban J connectivity index is 1.98. The molecule has 0 aromatic carbocycles. The van der Waals surface area contributed by atoms with Crippen LogP contribution in [0, 0.1) is 17.8 Å². The summed E-state index contributed by atoms with van der Waals surface area (Å²) in [4.78, 5) is 11.2. The highest BCUT2D eigenvalue weighted by molar-refractivity contribution is 5.76. The molecule has 2 heteroatoms. The summed E-state index contributed by atoms with van der Waals surface area (Å²) in [5.74, 6) is 1.87. The predicted molar refractivity (Wildman–Crippen MR) is 38.8 cm³/mol. The van der Waals surface area contributed by atoms with Gasteiger partial charge in [-0.3, -0.25) is 4.79 Å². The summed E-state index contributed by atoms with van der Waals surface area (Å²) < 4.78 is 5.28. The highest BCUT2D eigenvalue weighted by Gasteiger charge is 2.52. The largest absolute Gasteiger partial charge is 0.462 e. The van der Waals surface area contributed by atoms with Gasteiger partial charge in [0.1, 0.15) is 6.10 Å². The number of carbonyl (C=O) groups is 1. The molecule has 60 valence electrons. The average molecular weight is 152 g/mol. The van der Waals surface area contributed by atoms with Gasteiger partial charge in [0.05, 0.1) is 5.92 Å². The van der Waals surface area contributed by atoms with Crippen LogP contribution in [0.25, 0.3) is 0 Å². The van der Waals surface area contributed by atoms with E-state index in [0.717, 1.165) is 18.8 Å². The number of fused-ring (bicyclic) bond motifs is 1. The summed E-state index contributed by atoms with van der Waals surface area (Å²) in [6.07, 6.45) is 5.13. The molecule has 0 aromatic heterocycles. The van der Waals surface area contributed by atoms with Crippen LogP contribution in [0.15, 0.2) is 0 Å². The molecule has 1 saturated heterocycles. The molecule has 0 aromatic rings. The molecule has 11 heavy (non-hydrogen) atoms. The summed E-state index contributed by atoms with van der Waals surface area (Å²) in [5.41, 5.74) is 0. The van der Waals surface area contributed by atoms with Crippen molar-refractivity contribution in [1.82, 2.24) is 0 Å². The number of carbonyl (C=O) groups excluding carboxylic acids is 1. The van der Waals surface area contributed by atoms with Crippen LogP contribution < -0.4 is 0 Å². The maximum absolute atomic E-state index is 11.2. The average Bonchev–Trinajstić information content (AvgIpc) is 2.45. The maximum Gasteiger partial charge on any atom is 0.309 e. The van der Waals surface area contributed by atoms with Crippen molar-refractivity contribution in [3.8, 4) is 0 Å². The number of rotatable bonds is 0. The molecule has 0 N–H and O–H groups in total. The summed E-state index contributed by atoms with van der Waals surface area (Å²) in [6.45, 7) is 0. The Labute approximate surface area is 65.9 Å². The third-order valence-electron chi connectivity index (χ3n) is 3.62. The van der Waals surface area contributed by atoms with Crippen molar-refractivity contribution in [1.29, 1.82) is 0 Å². The lowest BCUT2D eigenvalue weighted by Gasteiger charge is -2.23. The molecule has 1 heterocycles. The van der Waals surface area contributed by atoms with Gasteiger partial charge in [-0.2, -0.15) is 0 Å². The fourth-order valence-electron chi connectivity index (χ4n) is 3.09. The van der Waals surface area contributed by atoms with Gasteiger partial charge in [0.2, 0.25) is 0 Å². The third-order valence-corrected chi connectivity index (χ3v) is 3.62. The first-order valence-corrected chi connectivity index (χ1v) is 4.55. The molecule has 4 unspecified atom stereocenters. The van der Waals surface area contributed by atoms with E-state index >= 15 is 0 Å². The monoisotopic (exact) mass is 152 g/mol. The lowest BCUT2D eigenvalue weighted by atomic mass is 9.86. The Morgan fingerprint density at radius 3 is 3.09 bits per heavy atom.